The van der Waals surface area contributed by atoms with Gasteiger partial charge in [-0.25, -0.2) is 0 Å². The average Bonchev–Trinajstić information content (AvgIpc) is 2.88. The first kappa shape index (κ1) is 8.04. The second-order valence-corrected chi connectivity index (χ2v) is 4.42. The summed E-state index contributed by atoms with van der Waals surface area (Å²) in [6.07, 6.45) is 1.06. The summed E-state index contributed by atoms with van der Waals surface area (Å²) in [7, 11) is 1.90. The molecule has 0 bridgehead atoms. The zero-order valence-corrected chi connectivity index (χ0v) is 8.23. The fraction of sp³-hybridized carbons (Fsp3) is 0.417. The Balaban J connectivity index is 2.05. The van der Waals surface area contributed by atoms with E-state index in [1.165, 1.54) is 5.56 Å². The number of amides is 1. The van der Waals surface area contributed by atoms with Crippen molar-refractivity contribution in [3.63, 3.8) is 0 Å². The van der Waals surface area contributed by atoms with Crippen LogP contribution in [0.3, 0.4) is 0 Å². The van der Waals surface area contributed by atoms with Gasteiger partial charge in [0.05, 0.1) is 5.41 Å². The van der Waals surface area contributed by atoms with E-state index in [2.05, 4.69) is 12.1 Å². The molecule has 3 rings (SSSR count). The monoisotopic (exact) mass is 187 g/mol. The van der Waals surface area contributed by atoms with Gasteiger partial charge in [0.25, 0.3) is 0 Å². The molecule has 0 spiro atoms. The number of piperidine rings is 1. The highest BCUT2D eigenvalue weighted by Crippen LogP contribution is 2.59. The van der Waals surface area contributed by atoms with E-state index in [-0.39, 0.29) is 5.41 Å². The fourth-order valence-electron chi connectivity index (χ4n) is 2.78. The maximum Gasteiger partial charge on any atom is 0.233 e. The lowest BCUT2D eigenvalue weighted by molar-refractivity contribution is -0.129. The third-order valence-corrected chi connectivity index (χ3v) is 3.62. The Morgan fingerprint density at radius 3 is 2.64 bits per heavy atom. The maximum absolute atomic E-state index is 12.0. The molecule has 1 saturated carbocycles. The highest BCUT2D eigenvalue weighted by molar-refractivity contribution is 5.94. The van der Waals surface area contributed by atoms with Gasteiger partial charge in [0, 0.05) is 13.6 Å². The molecule has 2 fully saturated rings. The molecule has 1 amide bonds. The van der Waals surface area contributed by atoms with Crippen molar-refractivity contribution >= 4 is 5.91 Å². The van der Waals surface area contributed by atoms with E-state index < -0.39 is 0 Å². The standard InChI is InChI=1S/C12H13NO/c1-13-8-10-7-12(10,11(13)14)9-5-3-2-4-6-9/h2-6,10H,7-8H2,1H3/t10-,12+/m1/s1. The van der Waals surface area contributed by atoms with Crippen LogP contribution in [0.2, 0.25) is 0 Å². The van der Waals surface area contributed by atoms with Crippen LogP contribution in [0.4, 0.5) is 0 Å². The van der Waals surface area contributed by atoms with Crippen molar-refractivity contribution in [2.45, 2.75) is 11.8 Å². The Morgan fingerprint density at radius 1 is 1.36 bits per heavy atom. The summed E-state index contributed by atoms with van der Waals surface area (Å²) >= 11 is 0. The fourth-order valence-corrected chi connectivity index (χ4v) is 2.78. The molecule has 1 saturated heterocycles. The van der Waals surface area contributed by atoms with Crippen LogP contribution in [0.25, 0.3) is 0 Å². The van der Waals surface area contributed by atoms with Gasteiger partial charge in [-0.15, -0.1) is 0 Å². The summed E-state index contributed by atoms with van der Waals surface area (Å²) < 4.78 is 0. The molecule has 1 aromatic carbocycles. The number of carbonyl (C=O) groups excluding carboxylic acids is 1. The molecule has 2 nitrogen and oxygen atoms in total. The van der Waals surface area contributed by atoms with Crippen molar-refractivity contribution < 1.29 is 4.79 Å². The van der Waals surface area contributed by atoms with Gasteiger partial charge in [0.2, 0.25) is 5.91 Å². The summed E-state index contributed by atoms with van der Waals surface area (Å²) in [5.74, 6) is 0.885. The number of hydrogen-bond donors (Lipinski definition) is 0. The van der Waals surface area contributed by atoms with Gasteiger partial charge in [-0.3, -0.25) is 4.79 Å². The number of fused-ring (bicyclic) bond motifs is 1. The molecule has 0 radical (unpaired) electrons. The first-order chi connectivity index (χ1) is 6.75. The van der Waals surface area contributed by atoms with Crippen molar-refractivity contribution in [2.75, 3.05) is 13.6 Å². The molecule has 1 aliphatic carbocycles. The topological polar surface area (TPSA) is 20.3 Å². The molecule has 72 valence electrons. The SMILES string of the molecule is CN1C[C@H]2C[C@@]2(c2ccccc2)C1=O. The zero-order valence-electron chi connectivity index (χ0n) is 8.23. The van der Waals surface area contributed by atoms with Crippen LogP contribution in [0, 0.1) is 5.92 Å². The van der Waals surface area contributed by atoms with E-state index in [1.54, 1.807) is 0 Å². The quantitative estimate of drug-likeness (QED) is 0.651. The van der Waals surface area contributed by atoms with Crippen LogP contribution in [-0.2, 0) is 10.2 Å². The summed E-state index contributed by atoms with van der Waals surface area (Å²) in [4.78, 5) is 13.9. The molecule has 0 N–H and O–H groups in total. The average molecular weight is 187 g/mol. The van der Waals surface area contributed by atoms with Gasteiger partial charge in [-0.2, -0.15) is 0 Å². The first-order valence-corrected chi connectivity index (χ1v) is 5.06. The van der Waals surface area contributed by atoms with E-state index in [9.17, 15) is 4.79 Å². The van der Waals surface area contributed by atoms with Gasteiger partial charge in [0.1, 0.15) is 0 Å². The predicted octanol–water partition coefficient (Wildman–Crippen LogP) is 1.42. The molecular formula is C12H13NO. The highest BCUT2D eigenvalue weighted by Gasteiger charge is 2.66. The molecule has 2 aliphatic rings. The molecule has 1 heterocycles. The summed E-state index contributed by atoms with van der Waals surface area (Å²) in [5, 5.41) is 0. The number of hydrogen-bond acceptors (Lipinski definition) is 1. The Labute approximate surface area is 83.5 Å². The summed E-state index contributed by atoms with van der Waals surface area (Å²) in [5.41, 5.74) is 1.08. The van der Waals surface area contributed by atoms with Crippen LogP contribution in [0.5, 0.6) is 0 Å². The third kappa shape index (κ3) is 0.788. The molecule has 14 heavy (non-hydrogen) atoms. The largest absolute Gasteiger partial charge is 0.345 e. The highest BCUT2D eigenvalue weighted by atomic mass is 16.2. The van der Waals surface area contributed by atoms with Crippen molar-refractivity contribution in [1.29, 1.82) is 0 Å². The van der Waals surface area contributed by atoms with Crippen molar-refractivity contribution in [2.24, 2.45) is 5.92 Å². The van der Waals surface area contributed by atoms with E-state index >= 15 is 0 Å². The van der Waals surface area contributed by atoms with Crippen molar-refractivity contribution in [1.82, 2.24) is 4.90 Å². The van der Waals surface area contributed by atoms with E-state index in [0.717, 1.165) is 13.0 Å². The normalized spacial score (nSPS) is 34.5. The van der Waals surface area contributed by atoms with Gasteiger partial charge in [-0.1, -0.05) is 30.3 Å². The zero-order chi connectivity index (χ0) is 9.76. The molecule has 2 heteroatoms. The van der Waals surface area contributed by atoms with E-state index in [0.29, 0.717) is 11.8 Å². The smallest absolute Gasteiger partial charge is 0.233 e. The Bertz CT molecular complexity index is 387. The summed E-state index contributed by atoms with van der Waals surface area (Å²) in [6, 6.07) is 10.2. The molecule has 1 aromatic rings. The Kier molecular flexibility index (Phi) is 1.37. The van der Waals surface area contributed by atoms with Crippen molar-refractivity contribution in [3.05, 3.63) is 35.9 Å². The van der Waals surface area contributed by atoms with Crippen LogP contribution >= 0.6 is 0 Å². The number of benzene rings is 1. The lowest BCUT2D eigenvalue weighted by atomic mass is 9.94. The second-order valence-electron chi connectivity index (χ2n) is 4.42. The maximum atomic E-state index is 12.0. The van der Waals surface area contributed by atoms with Crippen LogP contribution < -0.4 is 0 Å². The lowest BCUT2D eigenvalue weighted by Gasteiger charge is -2.15. The minimum absolute atomic E-state index is 0.129. The number of likely N-dealkylation sites (N-methyl/N-ethyl adjacent to an activating group) is 1. The van der Waals surface area contributed by atoms with Crippen LogP contribution in [0.15, 0.2) is 30.3 Å². The summed E-state index contributed by atoms with van der Waals surface area (Å²) in [6.45, 7) is 0.938. The molecule has 2 atom stereocenters. The number of rotatable bonds is 1. The van der Waals surface area contributed by atoms with Crippen LogP contribution in [0.1, 0.15) is 12.0 Å². The third-order valence-electron chi connectivity index (χ3n) is 3.62. The molecule has 0 unspecified atom stereocenters. The lowest BCUT2D eigenvalue weighted by Crippen LogP contribution is -2.30. The van der Waals surface area contributed by atoms with Gasteiger partial charge >= 0.3 is 0 Å². The molecular weight excluding hydrogens is 174 g/mol. The minimum Gasteiger partial charge on any atom is -0.345 e. The van der Waals surface area contributed by atoms with Gasteiger partial charge in [-0.05, 0) is 17.9 Å². The van der Waals surface area contributed by atoms with Gasteiger partial charge in [0.15, 0.2) is 0 Å². The predicted molar refractivity (Wildman–Crippen MR) is 53.9 cm³/mol. The second kappa shape index (κ2) is 2.38. The minimum atomic E-state index is -0.129. The number of likely N-dealkylation sites (tertiary alicyclic amines) is 1. The van der Waals surface area contributed by atoms with E-state index in [1.807, 2.05) is 30.1 Å². The van der Waals surface area contributed by atoms with Crippen LogP contribution in [-0.4, -0.2) is 24.4 Å². The number of carbonyl (C=O) groups is 1. The first-order valence-electron chi connectivity index (χ1n) is 5.06. The molecule has 0 aromatic heterocycles. The Morgan fingerprint density at radius 2 is 2.07 bits per heavy atom. The van der Waals surface area contributed by atoms with Gasteiger partial charge < -0.3 is 4.90 Å². The van der Waals surface area contributed by atoms with E-state index in [4.69, 9.17) is 0 Å². The van der Waals surface area contributed by atoms with Crippen molar-refractivity contribution in [3.8, 4) is 0 Å². The molecule has 1 aliphatic heterocycles. The number of nitrogens with zero attached hydrogens (tertiary/aromatic N) is 1. The Hall–Kier alpha value is -1.31.